The SMILES string of the molecule is CCc1ccc(NC(=O)CN(CCc2cccc(Cl)c2)C(C)=O)cc1. The summed E-state index contributed by atoms with van der Waals surface area (Å²) in [7, 11) is 0. The molecule has 132 valence electrons. The molecule has 0 heterocycles. The van der Waals surface area contributed by atoms with Crippen LogP contribution < -0.4 is 5.32 Å². The van der Waals surface area contributed by atoms with Gasteiger partial charge in [0, 0.05) is 24.2 Å². The van der Waals surface area contributed by atoms with Gasteiger partial charge in [0.1, 0.15) is 0 Å². The van der Waals surface area contributed by atoms with E-state index in [9.17, 15) is 9.59 Å². The van der Waals surface area contributed by atoms with Crippen LogP contribution in [0, 0.1) is 0 Å². The zero-order chi connectivity index (χ0) is 18.2. The van der Waals surface area contributed by atoms with Gasteiger partial charge in [0.2, 0.25) is 11.8 Å². The third kappa shape index (κ3) is 6.24. The molecule has 25 heavy (non-hydrogen) atoms. The van der Waals surface area contributed by atoms with Gasteiger partial charge in [-0.3, -0.25) is 9.59 Å². The summed E-state index contributed by atoms with van der Waals surface area (Å²) < 4.78 is 0. The first-order chi connectivity index (χ1) is 12.0. The maximum atomic E-state index is 12.2. The smallest absolute Gasteiger partial charge is 0.243 e. The molecule has 0 saturated carbocycles. The minimum Gasteiger partial charge on any atom is -0.333 e. The second-order valence-corrected chi connectivity index (χ2v) is 6.36. The van der Waals surface area contributed by atoms with Crippen molar-refractivity contribution in [2.45, 2.75) is 26.7 Å². The molecule has 0 spiro atoms. The van der Waals surface area contributed by atoms with Crippen LogP contribution in [0.25, 0.3) is 0 Å². The third-order valence-corrected chi connectivity index (χ3v) is 4.22. The first-order valence-electron chi connectivity index (χ1n) is 8.36. The summed E-state index contributed by atoms with van der Waals surface area (Å²) in [6.07, 6.45) is 1.61. The molecule has 0 aromatic heterocycles. The van der Waals surface area contributed by atoms with Crippen molar-refractivity contribution in [2.24, 2.45) is 0 Å². The molecule has 2 aromatic carbocycles. The summed E-state index contributed by atoms with van der Waals surface area (Å²) >= 11 is 5.97. The summed E-state index contributed by atoms with van der Waals surface area (Å²) in [6.45, 7) is 4.06. The lowest BCUT2D eigenvalue weighted by Crippen LogP contribution is -2.38. The second kappa shape index (κ2) is 9.23. The van der Waals surface area contributed by atoms with Gasteiger partial charge >= 0.3 is 0 Å². The molecule has 0 saturated heterocycles. The van der Waals surface area contributed by atoms with E-state index in [1.807, 2.05) is 48.5 Å². The molecule has 2 aromatic rings. The van der Waals surface area contributed by atoms with E-state index in [0.717, 1.165) is 17.7 Å². The van der Waals surface area contributed by atoms with E-state index >= 15 is 0 Å². The van der Waals surface area contributed by atoms with Crippen molar-refractivity contribution in [3.8, 4) is 0 Å². The largest absolute Gasteiger partial charge is 0.333 e. The van der Waals surface area contributed by atoms with Gasteiger partial charge in [-0.1, -0.05) is 42.8 Å². The minimum absolute atomic E-state index is 0.0332. The number of hydrogen-bond donors (Lipinski definition) is 1. The maximum absolute atomic E-state index is 12.2. The van der Waals surface area contributed by atoms with Gasteiger partial charge in [-0.05, 0) is 48.2 Å². The molecule has 0 aliphatic carbocycles. The number of aryl methyl sites for hydroxylation is 1. The third-order valence-electron chi connectivity index (χ3n) is 3.99. The van der Waals surface area contributed by atoms with E-state index in [-0.39, 0.29) is 18.4 Å². The number of amides is 2. The van der Waals surface area contributed by atoms with Gasteiger partial charge in [0.25, 0.3) is 0 Å². The van der Waals surface area contributed by atoms with E-state index < -0.39 is 0 Å². The molecule has 5 heteroatoms. The summed E-state index contributed by atoms with van der Waals surface area (Å²) in [5.74, 6) is -0.330. The maximum Gasteiger partial charge on any atom is 0.243 e. The lowest BCUT2D eigenvalue weighted by atomic mass is 10.1. The van der Waals surface area contributed by atoms with Crippen LogP contribution >= 0.6 is 11.6 Å². The van der Waals surface area contributed by atoms with E-state index in [1.54, 1.807) is 0 Å². The molecular formula is C20H23ClN2O2. The van der Waals surface area contributed by atoms with Crippen LogP contribution in [0.3, 0.4) is 0 Å². The van der Waals surface area contributed by atoms with Crippen molar-refractivity contribution in [3.05, 3.63) is 64.7 Å². The summed E-state index contributed by atoms with van der Waals surface area (Å²) in [6, 6.07) is 15.2. The number of benzene rings is 2. The molecule has 0 aliphatic rings. The van der Waals surface area contributed by atoms with Gasteiger partial charge in [0.05, 0.1) is 6.54 Å². The topological polar surface area (TPSA) is 49.4 Å². The average molecular weight is 359 g/mol. The number of hydrogen-bond acceptors (Lipinski definition) is 2. The Bertz CT molecular complexity index is 729. The molecule has 0 radical (unpaired) electrons. The fraction of sp³-hybridized carbons (Fsp3) is 0.300. The van der Waals surface area contributed by atoms with Crippen LogP contribution in [-0.2, 0) is 22.4 Å². The molecule has 2 rings (SSSR count). The van der Waals surface area contributed by atoms with Gasteiger partial charge in [-0.2, -0.15) is 0 Å². The lowest BCUT2D eigenvalue weighted by Gasteiger charge is -2.20. The molecule has 0 fully saturated rings. The highest BCUT2D eigenvalue weighted by molar-refractivity contribution is 6.30. The Morgan fingerprint density at radius 3 is 2.40 bits per heavy atom. The van der Waals surface area contributed by atoms with Crippen molar-refractivity contribution in [3.63, 3.8) is 0 Å². The highest BCUT2D eigenvalue weighted by Gasteiger charge is 2.14. The number of anilines is 1. The van der Waals surface area contributed by atoms with E-state index in [2.05, 4.69) is 12.2 Å². The highest BCUT2D eigenvalue weighted by atomic mass is 35.5. The Morgan fingerprint density at radius 2 is 1.80 bits per heavy atom. The Hall–Kier alpha value is -2.33. The molecule has 0 unspecified atom stereocenters. The van der Waals surface area contributed by atoms with E-state index in [1.165, 1.54) is 17.4 Å². The molecular weight excluding hydrogens is 336 g/mol. The van der Waals surface area contributed by atoms with Crippen LogP contribution in [0.15, 0.2) is 48.5 Å². The number of nitrogens with zero attached hydrogens (tertiary/aromatic N) is 1. The zero-order valence-electron chi connectivity index (χ0n) is 14.6. The number of carbonyl (C=O) groups excluding carboxylic acids is 2. The minimum atomic E-state index is -0.203. The van der Waals surface area contributed by atoms with Crippen LogP contribution in [-0.4, -0.2) is 29.8 Å². The van der Waals surface area contributed by atoms with Crippen LogP contribution in [0.5, 0.6) is 0 Å². The first kappa shape index (κ1) is 19.0. The zero-order valence-corrected chi connectivity index (χ0v) is 15.3. The summed E-state index contributed by atoms with van der Waals surface area (Å²) in [5.41, 5.74) is 2.99. The molecule has 2 amide bonds. The summed E-state index contributed by atoms with van der Waals surface area (Å²) in [4.78, 5) is 25.6. The molecule has 0 aliphatic heterocycles. The van der Waals surface area contributed by atoms with E-state index in [4.69, 9.17) is 11.6 Å². The highest BCUT2D eigenvalue weighted by Crippen LogP contribution is 2.12. The van der Waals surface area contributed by atoms with Crippen LogP contribution in [0.4, 0.5) is 5.69 Å². The van der Waals surface area contributed by atoms with Crippen LogP contribution in [0.2, 0.25) is 5.02 Å². The van der Waals surface area contributed by atoms with Crippen molar-refractivity contribution < 1.29 is 9.59 Å². The van der Waals surface area contributed by atoms with Crippen molar-refractivity contribution >= 4 is 29.1 Å². The van der Waals surface area contributed by atoms with Crippen molar-refractivity contribution in [2.75, 3.05) is 18.4 Å². The van der Waals surface area contributed by atoms with E-state index in [0.29, 0.717) is 18.0 Å². The second-order valence-electron chi connectivity index (χ2n) is 5.92. The van der Waals surface area contributed by atoms with Gasteiger partial charge in [-0.15, -0.1) is 0 Å². The Morgan fingerprint density at radius 1 is 1.08 bits per heavy atom. The normalized spacial score (nSPS) is 10.4. The van der Waals surface area contributed by atoms with Crippen LogP contribution in [0.1, 0.15) is 25.0 Å². The number of halogens is 1. The average Bonchev–Trinajstić information content (AvgIpc) is 2.59. The standard InChI is InChI=1S/C20H23ClN2O2/c1-3-16-7-9-19(10-8-16)22-20(25)14-23(15(2)24)12-11-17-5-4-6-18(21)13-17/h4-10,13H,3,11-12,14H2,1-2H3,(H,22,25). The van der Waals surface area contributed by atoms with Gasteiger partial charge in [-0.25, -0.2) is 0 Å². The number of nitrogens with one attached hydrogen (secondary N) is 1. The molecule has 0 atom stereocenters. The summed E-state index contributed by atoms with van der Waals surface area (Å²) in [5, 5.41) is 3.50. The van der Waals surface area contributed by atoms with Crippen molar-refractivity contribution in [1.82, 2.24) is 4.90 Å². The Labute approximate surface area is 153 Å². The molecule has 0 bridgehead atoms. The fourth-order valence-electron chi connectivity index (χ4n) is 2.50. The number of carbonyl (C=O) groups is 2. The monoisotopic (exact) mass is 358 g/mol. The predicted molar refractivity (Wildman–Crippen MR) is 102 cm³/mol. The molecule has 4 nitrogen and oxygen atoms in total. The fourth-order valence-corrected chi connectivity index (χ4v) is 2.71. The van der Waals surface area contributed by atoms with Crippen molar-refractivity contribution in [1.29, 1.82) is 0 Å². The molecule has 1 N–H and O–H groups in total. The van der Waals surface area contributed by atoms with Gasteiger partial charge in [0.15, 0.2) is 0 Å². The Balaban J connectivity index is 1.91. The number of rotatable bonds is 7. The lowest BCUT2D eigenvalue weighted by molar-refractivity contribution is -0.132. The predicted octanol–water partition coefficient (Wildman–Crippen LogP) is 3.93. The Kier molecular flexibility index (Phi) is 7.02. The van der Waals surface area contributed by atoms with Gasteiger partial charge < -0.3 is 10.2 Å². The quantitative estimate of drug-likeness (QED) is 0.815. The first-order valence-corrected chi connectivity index (χ1v) is 8.74.